The van der Waals surface area contributed by atoms with Gasteiger partial charge >= 0.3 is 5.97 Å². The van der Waals surface area contributed by atoms with Crippen molar-refractivity contribution in [2.75, 3.05) is 11.5 Å². The number of rotatable bonds is 16. The van der Waals surface area contributed by atoms with E-state index in [1.807, 2.05) is 0 Å². The molecule has 204 valence electrons. The van der Waals surface area contributed by atoms with Crippen LogP contribution in [0.2, 0.25) is 0 Å². The molecular formula is C29H42N2O5S. The topological polar surface area (TPSA) is 116 Å². The molecule has 1 aromatic carbocycles. The Kier molecular flexibility index (Phi) is 15.1. The maximum Gasteiger partial charge on any atom is 0.327 e. The first kappa shape index (κ1) is 32.0. The molecule has 1 rings (SSSR count). The quantitative estimate of drug-likeness (QED) is 0.173. The molecule has 0 spiro atoms. The van der Waals surface area contributed by atoms with Crippen LogP contribution in [0.3, 0.4) is 0 Å². The number of allylic oxidation sites excluding steroid dienone is 5. The molecule has 0 fully saturated rings. The van der Waals surface area contributed by atoms with Crippen LogP contribution >= 0.6 is 11.8 Å². The molecule has 2 atom stereocenters. The van der Waals surface area contributed by atoms with E-state index in [2.05, 4.69) is 56.6 Å². The van der Waals surface area contributed by atoms with Crippen LogP contribution in [0, 0.1) is 0 Å². The number of phenolic OH excluding ortho intramolecular Hbond substituents is 1. The smallest absolute Gasteiger partial charge is 0.327 e. The van der Waals surface area contributed by atoms with Gasteiger partial charge in [0.2, 0.25) is 11.8 Å². The molecule has 8 heteroatoms. The summed E-state index contributed by atoms with van der Waals surface area (Å²) in [5, 5.41) is 24.2. The minimum atomic E-state index is -1.12. The van der Waals surface area contributed by atoms with Crippen molar-refractivity contribution in [3.05, 3.63) is 64.8 Å². The van der Waals surface area contributed by atoms with Gasteiger partial charge in [0.1, 0.15) is 17.8 Å². The van der Waals surface area contributed by atoms with Crippen LogP contribution in [0.1, 0.15) is 65.9 Å². The van der Waals surface area contributed by atoms with Gasteiger partial charge in [-0.3, -0.25) is 9.59 Å². The summed E-state index contributed by atoms with van der Waals surface area (Å²) in [7, 11) is 0. The first-order valence-corrected chi connectivity index (χ1v) is 13.7. The molecule has 0 radical (unpaired) electrons. The molecule has 0 saturated carbocycles. The van der Waals surface area contributed by atoms with E-state index in [1.165, 1.54) is 47.5 Å². The Labute approximate surface area is 225 Å². The van der Waals surface area contributed by atoms with Crippen LogP contribution in [-0.4, -0.2) is 51.6 Å². The molecule has 2 amide bonds. The summed E-state index contributed by atoms with van der Waals surface area (Å²) in [5.74, 6) is -1.12. The molecule has 0 heterocycles. The van der Waals surface area contributed by atoms with Crippen molar-refractivity contribution < 1.29 is 24.6 Å². The fourth-order valence-corrected chi connectivity index (χ4v) is 4.50. The minimum Gasteiger partial charge on any atom is -0.508 e. The second-order valence-corrected chi connectivity index (χ2v) is 10.6. The molecule has 0 bridgehead atoms. The third-order valence-electron chi connectivity index (χ3n) is 5.64. The number of nitrogens with one attached hydrogen (secondary N) is 2. The van der Waals surface area contributed by atoms with Gasteiger partial charge in [0.15, 0.2) is 0 Å². The minimum absolute atomic E-state index is 0.0956. The Hall–Kier alpha value is -3.00. The van der Waals surface area contributed by atoms with E-state index in [0.717, 1.165) is 31.2 Å². The molecule has 0 aliphatic rings. The molecule has 0 aliphatic carbocycles. The van der Waals surface area contributed by atoms with Crippen LogP contribution in [0.5, 0.6) is 5.75 Å². The van der Waals surface area contributed by atoms with Crippen LogP contribution in [-0.2, 0) is 20.8 Å². The Bertz CT molecular complexity index is 979. The highest BCUT2D eigenvalue weighted by Crippen LogP contribution is 2.14. The number of carboxylic acids is 1. The Morgan fingerprint density at radius 2 is 1.46 bits per heavy atom. The number of thioether (sulfide) groups is 1. The Morgan fingerprint density at radius 1 is 0.865 bits per heavy atom. The molecule has 0 unspecified atom stereocenters. The zero-order valence-electron chi connectivity index (χ0n) is 22.7. The molecule has 0 aliphatic heterocycles. The number of carboxylic acid groups (broad SMARTS) is 1. The number of hydrogen-bond donors (Lipinski definition) is 4. The number of benzene rings is 1. The standard InChI is InChI=1S/C29H42N2O5S/c1-20(2)8-6-9-21(3)10-7-11-22(4)16-17-37-19-27(29(35)36)31-28(34)26(30-23(5)32)18-24-12-14-25(33)15-13-24/h8,10,12-16,26-27,33H,6-7,9,11,17-19H2,1-5H3,(H,30,32)(H,31,34)(H,35,36)/t26-,27+/m1/s1. The Balaban J connectivity index is 2.56. The number of carbonyl (C=O) groups is 3. The third kappa shape index (κ3) is 15.0. The van der Waals surface area contributed by atoms with Crippen LogP contribution in [0.15, 0.2) is 59.2 Å². The molecule has 4 N–H and O–H groups in total. The van der Waals surface area contributed by atoms with Gasteiger partial charge in [-0.1, -0.05) is 47.1 Å². The van der Waals surface area contributed by atoms with E-state index in [4.69, 9.17) is 0 Å². The van der Waals surface area contributed by atoms with E-state index >= 15 is 0 Å². The zero-order chi connectivity index (χ0) is 27.8. The fourth-order valence-electron chi connectivity index (χ4n) is 3.50. The van der Waals surface area contributed by atoms with Crippen molar-refractivity contribution >= 4 is 29.5 Å². The van der Waals surface area contributed by atoms with Crippen molar-refractivity contribution in [2.45, 2.75) is 78.8 Å². The van der Waals surface area contributed by atoms with Crippen molar-refractivity contribution in [3.63, 3.8) is 0 Å². The maximum absolute atomic E-state index is 12.8. The summed E-state index contributed by atoms with van der Waals surface area (Å²) in [6.45, 7) is 9.76. The lowest BCUT2D eigenvalue weighted by Crippen LogP contribution is -2.52. The monoisotopic (exact) mass is 530 g/mol. The van der Waals surface area contributed by atoms with E-state index in [1.54, 1.807) is 12.1 Å². The highest BCUT2D eigenvalue weighted by molar-refractivity contribution is 7.99. The average Bonchev–Trinajstić information content (AvgIpc) is 2.81. The van der Waals surface area contributed by atoms with Gasteiger partial charge in [0, 0.05) is 24.9 Å². The number of amides is 2. The SMILES string of the molecule is CC(=O)N[C@H](Cc1ccc(O)cc1)C(=O)N[C@@H](CSCC=C(C)CCC=C(C)CCC=C(C)C)C(=O)O. The van der Waals surface area contributed by atoms with Gasteiger partial charge in [-0.05, 0) is 71.1 Å². The summed E-state index contributed by atoms with van der Waals surface area (Å²) in [6, 6.07) is 4.29. The predicted molar refractivity (Wildman–Crippen MR) is 152 cm³/mol. The number of carbonyl (C=O) groups excluding carboxylic acids is 2. The van der Waals surface area contributed by atoms with Gasteiger partial charge in [-0.25, -0.2) is 4.79 Å². The van der Waals surface area contributed by atoms with Crippen LogP contribution in [0.4, 0.5) is 0 Å². The molecule has 37 heavy (non-hydrogen) atoms. The maximum atomic E-state index is 12.8. The molecular weight excluding hydrogens is 488 g/mol. The fraction of sp³-hybridized carbons (Fsp3) is 0.483. The number of hydrogen-bond acceptors (Lipinski definition) is 5. The second kappa shape index (κ2) is 17.5. The van der Waals surface area contributed by atoms with Gasteiger partial charge in [0.25, 0.3) is 0 Å². The highest BCUT2D eigenvalue weighted by Gasteiger charge is 2.26. The number of aromatic hydroxyl groups is 1. The van der Waals surface area contributed by atoms with Gasteiger partial charge in [-0.15, -0.1) is 0 Å². The average molecular weight is 531 g/mol. The summed E-state index contributed by atoms with van der Waals surface area (Å²) >= 11 is 1.44. The molecule has 0 aromatic heterocycles. The lowest BCUT2D eigenvalue weighted by molar-refractivity contribution is -0.141. The number of aliphatic carboxylic acids is 1. The summed E-state index contributed by atoms with van der Waals surface area (Å²) in [5.41, 5.74) is 4.71. The van der Waals surface area contributed by atoms with Crippen molar-refractivity contribution in [1.82, 2.24) is 10.6 Å². The predicted octanol–water partition coefficient (Wildman–Crippen LogP) is 5.16. The lowest BCUT2D eigenvalue weighted by Gasteiger charge is -2.21. The van der Waals surface area contributed by atoms with E-state index < -0.39 is 29.9 Å². The lowest BCUT2D eigenvalue weighted by atomic mass is 10.0. The molecule has 1 aromatic rings. The highest BCUT2D eigenvalue weighted by atomic mass is 32.2. The van der Waals surface area contributed by atoms with E-state index in [0.29, 0.717) is 5.75 Å². The third-order valence-corrected chi connectivity index (χ3v) is 6.61. The van der Waals surface area contributed by atoms with Crippen LogP contribution in [0.25, 0.3) is 0 Å². The molecule has 7 nitrogen and oxygen atoms in total. The van der Waals surface area contributed by atoms with Gasteiger partial charge in [-0.2, -0.15) is 11.8 Å². The largest absolute Gasteiger partial charge is 0.508 e. The van der Waals surface area contributed by atoms with Crippen molar-refractivity contribution in [3.8, 4) is 5.75 Å². The van der Waals surface area contributed by atoms with Gasteiger partial charge in [0.05, 0.1) is 0 Å². The summed E-state index contributed by atoms with van der Waals surface area (Å²) in [4.78, 5) is 36.2. The first-order chi connectivity index (χ1) is 17.5. The molecule has 0 saturated heterocycles. The first-order valence-electron chi connectivity index (χ1n) is 12.6. The second-order valence-electron chi connectivity index (χ2n) is 9.52. The van der Waals surface area contributed by atoms with Crippen LogP contribution < -0.4 is 10.6 Å². The van der Waals surface area contributed by atoms with Gasteiger partial charge < -0.3 is 20.8 Å². The van der Waals surface area contributed by atoms with E-state index in [-0.39, 0.29) is 17.9 Å². The van der Waals surface area contributed by atoms with E-state index in [9.17, 15) is 24.6 Å². The van der Waals surface area contributed by atoms with Crippen molar-refractivity contribution in [2.24, 2.45) is 0 Å². The number of phenols is 1. The summed E-state index contributed by atoms with van der Waals surface area (Å²) in [6.07, 6.45) is 10.9. The zero-order valence-corrected chi connectivity index (χ0v) is 23.5. The summed E-state index contributed by atoms with van der Waals surface area (Å²) < 4.78 is 0. The normalized spacial score (nSPS) is 13.4. The Morgan fingerprint density at radius 3 is 2.03 bits per heavy atom. The van der Waals surface area contributed by atoms with Crippen molar-refractivity contribution in [1.29, 1.82) is 0 Å².